The Morgan fingerprint density at radius 1 is 0.933 bits per heavy atom. The van der Waals surface area contributed by atoms with Crippen molar-refractivity contribution in [2.75, 3.05) is 4.90 Å². The van der Waals surface area contributed by atoms with Crippen LogP contribution in [0, 0.1) is 0 Å². The molecule has 1 aliphatic heterocycles. The topological polar surface area (TPSA) is 57.6 Å². The highest BCUT2D eigenvalue weighted by atomic mass is 35.5. The molecule has 0 saturated carbocycles. The first-order valence-corrected chi connectivity index (χ1v) is 9.81. The molecular formula is C24H15Cl2NO3. The van der Waals surface area contributed by atoms with Crippen LogP contribution in [0.2, 0.25) is 10.0 Å². The monoisotopic (exact) mass is 435 g/mol. The Morgan fingerprint density at radius 2 is 1.63 bits per heavy atom. The van der Waals surface area contributed by atoms with E-state index in [-0.39, 0.29) is 11.5 Å². The van der Waals surface area contributed by atoms with E-state index in [9.17, 15) is 9.59 Å². The number of carbonyl (C=O) groups is 2. The lowest BCUT2D eigenvalue weighted by Crippen LogP contribution is -2.25. The summed E-state index contributed by atoms with van der Waals surface area (Å²) in [4.78, 5) is 26.0. The van der Waals surface area contributed by atoms with Gasteiger partial charge in [0.1, 0.15) is 0 Å². The highest BCUT2D eigenvalue weighted by Gasteiger charge is 2.30. The molecule has 4 nitrogen and oxygen atoms in total. The maximum atomic E-state index is 13.3. The minimum Gasteiger partial charge on any atom is -0.478 e. The van der Waals surface area contributed by atoms with Crippen molar-refractivity contribution in [1.29, 1.82) is 0 Å². The van der Waals surface area contributed by atoms with Crippen molar-refractivity contribution in [2.24, 2.45) is 0 Å². The van der Waals surface area contributed by atoms with Crippen LogP contribution in [0.1, 0.15) is 21.5 Å². The van der Waals surface area contributed by atoms with E-state index in [2.05, 4.69) is 0 Å². The van der Waals surface area contributed by atoms with E-state index >= 15 is 0 Å². The summed E-state index contributed by atoms with van der Waals surface area (Å²) in [6.45, 7) is 0. The molecule has 0 unspecified atom stereocenters. The highest BCUT2D eigenvalue weighted by Crippen LogP contribution is 2.36. The van der Waals surface area contributed by atoms with Crippen LogP contribution in [0.25, 0.3) is 11.8 Å². The number of aromatic carboxylic acids is 1. The Bertz CT molecular complexity index is 1200. The fourth-order valence-electron chi connectivity index (χ4n) is 3.23. The van der Waals surface area contributed by atoms with Crippen molar-refractivity contribution in [3.05, 3.63) is 111 Å². The SMILES string of the molecule is O=C(O)c1ccc(N2C(=O)C(=Cc3ccc(Cl)cc3Cl)C=C2c2ccccc2)cc1. The average molecular weight is 436 g/mol. The van der Waals surface area contributed by atoms with Crippen molar-refractivity contribution in [3.63, 3.8) is 0 Å². The first kappa shape index (κ1) is 20.0. The predicted molar refractivity (Wildman–Crippen MR) is 120 cm³/mol. The summed E-state index contributed by atoms with van der Waals surface area (Å²) in [7, 11) is 0. The van der Waals surface area contributed by atoms with Gasteiger partial charge in [0.15, 0.2) is 0 Å². The van der Waals surface area contributed by atoms with Crippen molar-refractivity contribution in [3.8, 4) is 0 Å². The summed E-state index contributed by atoms with van der Waals surface area (Å²) in [6.07, 6.45) is 3.52. The van der Waals surface area contributed by atoms with Crippen molar-refractivity contribution >= 4 is 52.5 Å². The Hall–Kier alpha value is -3.34. The molecule has 0 aliphatic carbocycles. The Morgan fingerprint density at radius 3 is 2.27 bits per heavy atom. The van der Waals surface area contributed by atoms with Crippen LogP contribution in [0.15, 0.2) is 84.4 Å². The Balaban J connectivity index is 1.81. The second-order valence-corrected chi connectivity index (χ2v) is 7.50. The molecule has 0 spiro atoms. The Labute approximate surface area is 183 Å². The van der Waals surface area contributed by atoms with Crippen LogP contribution in [-0.2, 0) is 4.79 Å². The number of carbonyl (C=O) groups excluding carboxylic acids is 1. The van der Waals surface area contributed by atoms with Gasteiger partial charge in [-0.3, -0.25) is 9.69 Å². The lowest BCUT2D eigenvalue weighted by Gasteiger charge is -2.21. The third kappa shape index (κ3) is 3.88. The largest absolute Gasteiger partial charge is 0.478 e. The third-order valence-corrected chi connectivity index (χ3v) is 5.26. The van der Waals surface area contributed by atoms with E-state index in [0.717, 1.165) is 5.56 Å². The fourth-order valence-corrected chi connectivity index (χ4v) is 3.70. The summed E-state index contributed by atoms with van der Waals surface area (Å²) < 4.78 is 0. The smallest absolute Gasteiger partial charge is 0.335 e. The first-order valence-electron chi connectivity index (χ1n) is 9.06. The third-order valence-electron chi connectivity index (χ3n) is 4.70. The van der Waals surface area contributed by atoms with Crippen molar-refractivity contribution in [2.45, 2.75) is 0 Å². The molecule has 30 heavy (non-hydrogen) atoms. The number of carboxylic acid groups (broad SMARTS) is 1. The first-order chi connectivity index (χ1) is 14.4. The van der Waals surface area contributed by atoms with Crippen LogP contribution < -0.4 is 4.90 Å². The number of hydrogen-bond acceptors (Lipinski definition) is 2. The van der Waals surface area contributed by atoms with Crippen LogP contribution >= 0.6 is 23.2 Å². The summed E-state index contributed by atoms with van der Waals surface area (Å²) in [5.74, 6) is -1.26. The van der Waals surface area contributed by atoms with Gasteiger partial charge in [-0.25, -0.2) is 4.79 Å². The molecule has 0 bridgehead atoms. The van der Waals surface area contributed by atoms with Gasteiger partial charge in [-0.05, 0) is 59.7 Å². The van der Waals surface area contributed by atoms with Crippen LogP contribution in [0.3, 0.4) is 0 Å². The molecule has 3 aromatic carbocycles. The van der Waals surface area contributed by atoms with Crippen LogP contribution in [0.4, 0.5) is 5.69 Å². The number of hydrogen-bond donors (Lipinski definition) is 1. The minimum atomic E-state index is -1.02. The normalized spacial score (nSPS) is 14.9. The summed E-state index contributed by atoms with van der Waals surface area (Å²) in [6, 6.07) is 20.8. The molecule has 4 rings (SSSR count). The van der Waals surface area contributed by atoms with Gasteiger partial charge in [0.05, 0.1) is 11.3 Å². The van der Waals surface area contributed by atoms with Crippen molar-refractivity contribution < 1.29 is 14.7 Å². The second kappa shape index (κ2) is 8.19. The fraction of sp³-hybridized carbons (Fsp3) is 0. The minimum absolute atomic E-state index is 0.152. The van der Waals surface area contributed by atoms with Gasteiger partial charge in [0.2, 0.25) is 0 Å². The van der Waals surface area contributed by atoms with Gasteiger partial charge >= 0.3 is 5.97 Å². The van der Waals surface area contributed by atoms with E-state index in [1.165, 1.54) is 12.1 Å². The molecule has 1 heterocycles. The van der Waals surface area contributed by atoms with Gasteiger partial charge in [-0.15, -0.1) is 0 Å². The summed E-state index contributed by atoms with van der Waals surface area (Å²) in [5, 5.41) is 10.1. The second-order valence-electron chi connectivity index (χ2n) is 6.65. The number of benzene rings is 3. The molecular weight excluding hydrogens is 421 g/mol. The van der Waals surface area contributed by atoms with E-state index in [4.69, 9.17) is 28.3 Å². The average Bonchev–Trinajstić information content (AvgIpc) is 3.07. The van der Waals surface area contributed by atoms with Gasteiger partial charge < -0.3 is 5.11 Å². The Kier molecular flexibility index (Phi) is 5.44. The van der Waals surface area contributed by atoms with Crippen LogP contribution in [-0.4, -0.2) is 17.0 Å². The zero-order valence-corrected chi connectivity index (χ0v) is 17.1. The number of anilines is 1. The molecule has 148 valence electrons. The van der Waals surface area contributed by atoms with Crippen LogP contribution in [0.5, 0.6) is 0 Å². The highest BCUT2D eigenvalue weighted by molar-refractivity contribution is 6.35. The molecule has 1 N–H and O–H groups in total. The van der Waals surface area contributed by atoms with E-state index in [1.807, 2.05) is 30.3 Å². The molecule has 0 saturated heterocycles. The van der Waals surface area contributed by atoms with Gasteiger partial charge in [0.25, 0.3) is 5.91 Å². The number of halogens is 2. The summed E-state index contributed by atoms with van der Waals surface area (Å²) >= 11 is 12.2. The predicted octanol–water partition coefficient (Wildman–Crippen LogP) is 6.16. The lowest BCUT2D eigenvalue weighted by molar-refractivity contribution is -0.113. The zero-order valence-electron chi connectivity index (χ0n) is 15.5. The molecule has 0 aromatic heterocycles. The van der Waals surface area contributed by atoms with Gasteiger partial charge in [-0.2, -0.15) is 0 Å². The molecule has 3 aromatic rings. The standard InChI is InChI=1S/C24H15Cl2NO3/c25-19-9-6-17(21(26)14-19)12-18-13-22(15-4-2-1-3-5-15)27(23(18)28)20-10-7-16(8-11-20)24(29)30/h1-14H,(H,29,30). The number of nitrogens with zero attached hydrogens (tertiary/aromatic N) is 1. The van der Waals surface area contributed by atoms with Crippen molar-refractivity contribution in [1.82, 2.24) is 0 Å². The zero-order chi connectivity index (χ0) is 21.3. The number of rotatable bonds is 4. The maximum Gasteiger partial charge on any atom is 0.335 e. The van der Waals surface area contributed by atoms with E-state index in [1.54, 1.807) is 47.4 Å². The lowest BCUT2D eigenvalue weighted by atomic mass is 10.1. The van der Waals surface area contributed by atoms with Gasteiger partial charge in [0, 0.05) is 21.3 Å². The number of carboxylic acids is 1. The van der Waals surface area contributed by atoms with E-state index in [0.29, 0.717) is 32.6 Å². The molecule has 0 radical (unpaired) electrons. The van der Waals surface area contributed by atoms with E-state index < -0.39 is 5.97 Å². The number of amides is 1. The molecule has 6 heteroatoms. The molecule has 1 amide bonds. The molecule has 0 fully saturated rings. The summed E-state index contributed by atoms with van der Waals surface area (Å²) in [5.41, 5.74) is 3.42. The molecule has 0 atom stereocenters. The quantitative estimate of drug-likeness (QED) is 0.498. The maximum absolute atomic E-state index is 13.3. The van der Waals surface area contributed by atoms with Gasteiger partial charge in [-0.1, -0.05) is 59.6 Å². The molecule has 1 aliphatic rings.